The van der Waals surface area contributed by atoms with E-state index in [1.165, 1.54) is 35.1 Å². The number of hydrogen-bond donors (Lipinski definition) is 1. The van der Waals surface area contributed by atoms with Crippen molar-refractivity contribution in [2.75, 3.05) is 7.11 Å². The number of methoxy groups -OCH3 is 1. The van der Waals surface area contributed by atoms with E-state index in [-0.39, 0.29) is 17.6 Å². The Labute approximate surface area is 190 Å². The molecule has 7 atom stereocenters. The molecule has 0 bridgehead atoms. The van der Waals surface area contributed by atoms with Crippen molar-refractivity contribution < 1.29 is 9.84 Å². The predicted molar refractivity (Wildman–Crippen MR) is 129 cm³/mol. The third-order valence-electron chi connectivity index (χ3n) is 9.49. The molecule has 1 fully saturated rings. The maximum atomic E-state index is 10.3. The minimum absolute atomic E-state index is 0.173. The Morgan fingerprint density at radius 2 is 1.87 bits per heavy atom. The van der Waals surface area contributed by atoms with Crippen LogP contribution < -0.4 is 0 Å². The van der Waals surface area contributed by atoms with Crippen molar-refractivity contribution in [3.05, 3.63) is 46.0 Å². The highest BCUT2D eigenvalue weighted by Gasteiger charge is 2.53. The molecule has 3 aliphatic carbocycles. The number of aliphatic hydroxyl groups is 1. The molecule has 4 rings (SSSR count). The van der Waals surface area contributed by atoms with E-state index in [1.807, 2.05) is 7.11 Å². The number of ether oxygens (including phenoxy) is 1. The minimum Gasteiger partial charge on any atom is -0.393 e. The van der Waals surface area contributed by atoms with Crippen LogP contribution in [-0.2, 0) is 17.6 Å². The zero-order valence-corrected chi connectivity index (χ0v) is 20.9. The number of allylic oxidation sites excluding steroid dienone is 2. The van der Waals surface area contributed by atoms with Gasteiger partial charge in [-0.15, -0.1) is 0 Å². The molecule has 7 unspecified atom stereocenters. The largest absolute Gasteiger partial charge is 0.393 e. The van der Waals surface area contributed by atoms with Crippen LogP contribution in [0.2, 0.25) is 0 Å². The summed E-state index contributed by atoms with van der Waals surface area (Å²) < 4.78 is 6.17. The van der Waals surface area contributed by atoms with Gasteiger partial charge in [-0.25, -0.2) is 0 Å². The molecular formula is C29H44O2. The molecule has 31 heavy (non-hydrogen) atoms. The summed E-state index contributed by atoms with van der Waals surface area (Å²) in [6.45, 7) is 14.3. The van der Waals surface area contributed by atoms with Crippen LogP contribution >= 0.6 is 0 Å². The highest BCUT2D eigenvalue weighted by atomic mass is 16.5. The summed E-state index contributed by atoms with van der Waals surface area (Å²) in [5, 5.41) is 10.3. The first-order chi connectivity index (χ1) is 14.7. The standard InChI is InChI=1S/C29H44O2/c1-17(2)18(3)8-9-19(4)25-12-13-26-24-14-21-10-11-22(30)15-23(21)20(5)28(24)27(31-7)16-29(25,26)6/h8-9,14,17-19,22,25-27,30H,10-13,15-16H2,1-7H3. The van der Waals surface area contributed by atoms with E-state index in [0.717, 1.165) is 25.7 Å². The number of rotatable bonds is 5. The molecule has 1 saturated carbocycles. The SMILES string of the molecule is COC1CC2(C)C(CCC2C(C)C=CC(C)C(C)C)c2cc3c(c(C)c21)CC(O)CC3. The van der Waals surface area contributed by atoms with Gasteiger partial charge in [0.15, 0.2) is 0 Å². The van der Waals surface area contributed by atoms with Crippen molar-refractivity contribution in [2.45, 2.75) is 98.2 Å². The normalized spacial score (nSPS) is 34.5. The van der Waals surface area contributed by atoms with Gasteiger partial charge in [0.1, 0.15) is 0 Å². The molecule has 1 aromatic carbocycles. The molecule has 1 aromatic rings. The lowest BCUT2D eigenvalue weighted by Crippen LogP contribution is -2.38. The van der Waals surface area contributed by atoms with E-state index < -0.39 is 0 Å². The number of hydrogen-bond acceptors (Lipinski definition) is 2. The fourth-order valence-corrected chi connectivity index (χ4v) is 7.20. The zero-order chi connectivity index (χ0) is 22.5. The quantitative estimate of drug-likeness (QED) is 0.520. The third kappa shape index (κ3) is 3.93. The van der Waals surface area contributed by atoms with Crippen molar-refractivity contribution in [3.8, 4) is 0 Å². The van der Waals surface area contributed by atoms with Gasteiger partial charge in [-0.1, -0.05) is 52.8 Å². The lowest BCUT2D eigenvalue weighted by molar-refractivity contribution is 0.0131. The number of aryl methyl sites for hydroxylation is 1. The molecular weight excluding hydrogens is 380 g/mol. The van der Waals surface area contributed by atoms with E-state index in [1.54, 1.807) is 5.56 Å². The Bertz CT molecular complexity index is 838. The van der Waals surface area contributed by atoms with Crippen LogP contribution in [0.5, 0.6) is 0 Å². The summed E-state index contributed by atoms with van der Waals surface area (Å²) in [7, 11) is 1.89. The van der Waals surface area contributed by atoms with Crippen LogP contribution in [0.3, 0.4) is 0 Å². The van der Waals surface area contributed by atoms with Crippen molar-refractivity contribution in [1.29, 1.82) is 0 Å². The Balaban J connectivity index is 1.70. The summed E-state index contributed by atoms with van der Waals surface area (Å²) in [6.07, 6.45) is 11.4. The van der Waals surface area contributed by atoms with Gasteiger partial charge in [0.25, 0.3) is 0 Å². The zero-order valence-electron chi connectivity index (χ0n) is 20.9. The van der Waals surface area contributed by atoms with Gasteiger partial charge in [-0.2, -0.15) is 0 Å². The van der Waals surface area contributed by atoms with Gasteiger partial charge in [0, 0.05) is 7.11 Å². The summed E-state index contributed by atoms with van der Waals surface area (Å²) in [5.74, 6) is 3.27. The first-order valence-corrected chi connectivity index (χ1v) is 12.7. The highest BCUT2D eigenvalue weighted by Crippen LogP contribution is 2.64. The van der Waals surface area contributed by atoms with Crippen LogP contribution in [0.1, 0.15) is 100 Å². The number of benzene rings is 1. The maximum Gasteiger partial charge on any atom is 0.0832 e. The smallest absolute Gasteiger partial charge is 0.0832 e. The molecule has 0 aromatic heterocycles. The van der Waals surface area contributed by atoms with Crippen molar-refractivity contribution in [3.63, 3.8) is 0 Å². The average molecular weight is 425 g/mol. The molecule has 0 spiro atoms. The van der Waals surface area contributed by atoms with Crippen LogP contribution in [0.15, 0.2) is 18.2 Å². The summed E-state index contributed by atoms with van der Waals surface area (Å²) in [5.41, 5.74) is 7.60. The van der Waals surface area contributed by atoms with Crippen molar-refractivity contribution in [1.82, 2.24) is 0 Å². The Morgan fingerprint density at radius 3 is 2.55 bits per heavy atom. The molecule has 0 amide bonds. The van der Waals surface area contributed by atoms with Gasteiger partial charge in [-0.05, 0) is 108 Å². The second-order valence-electron chi connectivity index (χ2n) is 11.6. The molecule has 3 aliphatic rings. The van der Waals surface area contributed by atoms with Gasteiger partial charge in [0.05, 0.1) is 12.2 Å². The molecule has 0 saturated heterocycles. The van der Waals surface area contributed by atoms with E-state index in [9.17, 15) is 5.11 Å². The maximum absolute atomic E-state index is 10.3. The van der Waals surface area contributed by atoms with Crippen LogP contribution in [0.25, 0.3) is 0 Å². The third-order valence-corrected chi connectivity index (χ3v) is 9.49. The van der Waals surface area contributed by atoms with Crippen molar-refractivity contribution >= 4 is 0 Å². The lowest BCUT2D eigenvalue weighted by atomic mass is 9.59. The second-order valence-corrected chi connectivity index (χ2v) is 11.6. The number of aliphatic hydroxyl groups excluding tert-OH is 1. The summed E-state index contributed by atoms with van der Waals surface area (Å²) in [4.78, 5) is 0. The van der Waals surface area contributed by atoms with Gasteiger partial charge >= 0.3 is 0 Å². The molecule has 2 heteroatoms. The fraction of sp³-hybridized carbons (Fsp3) is 0.724. The van der Waals surface area contributed by atoms with Crippen molar-refractivity contribution in [2.24, 2.45) is 29.1 Å². The first-order valence-electron chi connectivity index (χ1n) is 12.7. The van der Waals surface area contributed by atoms with E-state index in [0.29, 0.717) is 29.6 Å². The van der Waals surface area contributed by atoms with E-state index in [2.05, 4.69) is 59.8 Å². The van der Waals surface area contributed by atoms with E-state index in [4.69, 9.17) is 4.74 Å². The Morgan fingerprint density at radius 1 is 1.13 bits per heavy atom. The molecule has 2 nitrogen and oxygen atoms in total. The first kappa shape index (κ1) is 23.1. The van der Waals surface area contributed by atoms with Gasteiger partial charge in [0.2, 0.25) is 0 Å². The average Bonchev–Trinajstić information content (AvgIpc) is 3.08. The molecule has 1 N–H and O–H groups in total. The van der Waals surface area contributed by atoms with Gasteiger partial charge < -0.3 is 9.84 Å². The number of fused-ring (bicyclic) bond motifs is 4. The Kier molecular flexibility index (Phi) is 6.45. The molecule has 172 valence electrons. The van der Waals surface area contributed by atoms with E-state index >= 15 is 0 Å². The molecule has 0 heterocycles. The minimum atomic E-state index is -0.184. The monoisotopic (exact) mass is 424 g/mol. The Hall–Kier alpha value is -1.12. The molecule has 0 aliphatic heterocycles. The predicted octanol–water partition coefficient (Wildman–Crippen LogP) is 6.92. The summed E-state index contributed by atoms with van der Waals surface area (Å²) >= 11 is 0. The van der Waals surface area contributed by atoms with Crippen LogP contribution in [0, 0.1) is 36.0 Å². The lowest BCUT2D eigenvalue weighted by Gasteiger charge is -2.47. The van der Waals surface area contributed by atoms with Crippen LogP contribution in [-0.4, -0.2) is 18.3 Å². The van der Waals surface area contributed by atoms with Gasteiger partial charge in [-0.3, -0.25) is 0 Å². The topological polar surface area (TPSA) is 29.5 Å². The van der Waals surface area contributed by atoms with Crippen LogP contribution in [0.4, 0.5) is 0 Å². The molecule has 0 radical (unpaired) electrons. The highest BCUT2D eigenvalue weighted by molar-refractivity contribution is 5.52. The fourth-order valence-electron chi connectivity index (χ4n) is 7.20. The summed E-state index contributed by atoms with van der Waals surface area (Å²) in [6, 6.07) is 2.53. The second kappa shape index (κ2) is 8.67.